The van der Waals surface area contributed by atoms with Gasteiger partial charge in [0.2, 0.25) is 0 Å². The maximum atomic E-state index is 6.28. The van der Waals surface area contributed by atoms with E-state index in [4.69, 9.17) is 4.74 Å². The fraction of sp³-hybridized carbons (Fsp3) is 0.667. The molecular formula is C18H29NO. The standard InChI is InChI=1S/C18H29NO/c1-5-19-17(16-12-14(3)11-15(4)13-16)18(20-6-2)9-7-8-10-18/h11-13,17,19H,5-10H2,1-4H3. The third-order valence-electron chi connectivity index (χ3n) is 4.39. The fourth-order valence-corrected chi connectivity index (χ4v) is 3.77. The Morgan fingerprint density at radius 3 is 2.20 bits per heavy atom. The van der Waals surface area contributed by atoms with Gasteiger partial charge in [-0.05, 0) is 45.7 Å². The van der Waals surface area contributed by atoms with Gasteiger partial charge < -0.3 is 10.1 Å². The molecule has 0 amide bonds. The van der Waals surface area contributed by atoms with Gasteiger partial charge in [0.1, 0.15) is 0 Å². The van der Waals surface area contributed by atoms with Crippen LogP contribution in [0.3, 0.4) is 0 Å². The number of aryl methyl sites for hydroxylation is 2. The smallest absolute Gasteiger partial charge is 0.0876 e. The topological polar surface area (TPSA) is 21.3 Å². The van der Waals surface area contributed by atoms with E-state index in [0.717, 1.165) is 13.2 Å². The van der Waals surface area contributed by atoms with E-state index >= 15 is 0 Å². The van der Waals surface area contributed by atoms with Crippen LogP contribution in [0.25, 0.3) is 0 Å². The monoisotopic (exact) mass is 275 g/mol. The predicted octanol–water partition coefficient (Wildman–Crippen LogP) is 4.30. The van der Waals surface area contributed by atoms with Gasteiger partial charge >= 0.3 is 0 Å². The largest absolute Gasteiger partial charge is 0.373 e. The Balaban J connectivity index is 2.38. The number of ether oxygens (including phenoxy) is 1. The normalized spacial score (nSPS) is 19.2. The first kappa shape index (κ1) is 15.5. The van der Waals surface area contributed by atoms with Crippen LogP contribution in [0.4, 0.5) is 0 Å². The maximum absolute atomic E-state index is 6.28. The van der Waals surface area contributed by atoms with E-state index in [1.165, 1.54) is 42.4 Å². The number of hydrogen-bond donors (Lipinski definition) is 1. The van der Waals surface area contributed by atoms with E-state index in [0.29, 0.717) is 6.04 Å². The summed E-state index contributed by atoms with van der Waals surface area (Å²) in [6.07, 6.45) is 4.91. The molecule has 0 saturated heterocycles. The highest BCUT2D eigenvalue weighted by molar-refractivity contribution is 5.32. The molecule has 1 aliphatic rings. The first-order valence-corrected chi connectivity index (χ1v) is 8.07. The molecule has 0 bridgehead atoms. The van der Waals surface area contributed by atoms with Crippen LogP contribution in [0.15, 0.2) is 18.2 Å². The summed E-state index contributed by atoms with van der Waals surface area (Å²) < 4.78 is 6.28. The lowest BCUT2D eigenvalue weighted by molar-refractivity contribution is -0.0623. The summed E-state index contributed by atoms with van der Waals surface area (Å²) in [6.45, 7) is 10.4. The van der Waals surface area contributed by atoms with E-state index in [1.54, 1.807) is 0 Å². The third-order valence-corrected chi connectivity index (χ3v) is 4.39. The van der Waals surface area contributed by atoms with Crippen LogP contribution in [0, 0.1) is 13.8 Å². The number of nitrogens with one attached hydrogen (secondary N) is 1. The van der Waals surface area contributed by atoms with Gasteiger partial charge in [0.25, 0.3) is 0 Å². The number of benzene rings is 1. The van der Waals surface area contributed by atoms with Gasteiger partial charge in [0.15, 0.2) is 0 Å². The zero-order valence-electron chi connectivity index (χ0n) is 13.5. The van der Waals surface area contributed by atoms with Crippen molar-refractivity contribution in [1.82, 2.24) is 5.32 Å². The van der Waals surface area contributed by atoms with Gasteiger partial charge in [-0.1, -0.05) is 49.1 Å². The van der Waals surface area contributed by atoms with E-state index in [9.17, 15) is 0 Å². The highest BCUT2D eigenvalue weighted by Gasteiger charge is 2.42. The van der Waals surface area contributed by atoms with Crippen molar-refractivity contribution in [3.8, 4) is 0 Å². The van der Waals surface area contributed by atoms with Gasteiger partial charge in [-0.3, -0.25) is 0 Å². The molecule has 2 nitrogen and oxygen atoms in total. The van der Waals surface area contributed by atoms with Crippen molar-refractivity contribution in [2.45, 2.75) is 65.0 Å². The molecule has 1 aromatic rings. The molecule has 2 rings (SSSR count). The molecule has 1 atom stereocenters. The lowest BCUT2D eigenvalue weighted by Gasteiger charge is -2.38. The second kappa shape index (κ2) is 6.73. The average molecular weight is 275 g/mol. The minimum atomic E-state index is -0.00894. The zero-order valence-corrected chi connectivity index (χ0v) is 13.5. The van der Waals surface area contributed by atoms with Crippen LogP contribution in [0.1, 0.15) is 62.3 Å². The lowest BCUT2D eigenvalue weighted by Crippen LogP contribution is -2.44. The number of likely N-dealkylation sites (N-methyl/N-ethyl adjacent to an activating group) is 1. The van der Waals surface area contributed by atoms with Crippen molar-refractivity contribution in [3.63, 3.8) is 0 Å². The Bertz CT molecular complexity index is 415. The lowest BCUT2D eigenvalue weighted by atomic mass is 9.85. The summed E-state index contributed by atoms with van der Waals surface area (Å²) >= 11 is 0. The van der Waals surface area contributed by atoms with Crippen molar-refractivity contribution in [2.24, 2.45) is 0 Å². The van der Waals surface area contributed by atoms with Crippen LogP contribution < -0.4 is 5.32 Å². The first-order chi connectivity index (χ1) is 9.61. The molecule has 20 heavy (non-hydrogen) atoms. The van der Waals surface area contributed by atoms with Crippen LogP contribution in [0.5, 0.6) is 0 Å². The molecule has 1 unspecified atom stereocenters. The van der Waals surface area contributed by atoms with Crippen LogP contribution in [-0.4, -0.2) is 18.8 Å². The summed E-state index contributed by atoms with van der Waals surface area (Å²) in [4.78, 5) is 0. The number of rotatable bonds is 6. The average Bonchev–Trinajstić information content (AvgIpc) is 2.84. The van der Waals surface area contributed by atoms with Gasteiger partial charge in [-0.2, -0.15) is 0 Å². The summed E-state index contributed by atoms with van der Waals surface area (Å²) in [6, 6.07) is 7.20. The minimum Gasteiger partial charge on any atom is -0.373 e. The Morgan fingerprint density at radius 1 is 1.10 bits per heavy atom. The van der Waals surface area contributed by atoms with Crippen molar-refractivity contribution in [3.05, 3.63) is 34.9 Å². The first-order valence-electron chi connectivity index (χ1n) is 8.07. The molecule has 0 radical (unpaired) electrons. The van der Waals surface area contributed by atoms with E-state index in [-0.39, 0.29) is 5.60 Å². The van der Waals surface area contributed by atoms with Gasteiger partial charge in [-0.15, -0.1) is 0 Å². The van der Waals surface area contributed by atoms with Crippen molar-refractivity contribution in [2.75, 3.05) is 13.2 Å². The predicted molar refractivity (Wildman–Crippen MR) is 85.2 cm³/mol. The number of hydrogen-bond acceptors (Lipinski definition) is 2. The van der Waals surface area contributed by atoms with Gasteiger partial charge in [-0.25, -0.2) is 0 Å². The van der Waals surface area contributed by atoms with Crippen LogP contribution >= 0.6 is 0 Å². The Morgan fingerprint density at radius 2 is 1.70 bits per heavy atom. The quantitative estimate of drug-likeness (QED) is 0.835. The second-order valence-electron chi connectivity index (χ2n) is 6.12. The van der Waals surface area contributed by atoms with Crippen LogP contribution in [0.2, 0.25) is 0 Å². The van der Waals surface area contributed by atoms with Crippen molar-refractivity contribution in [1.29, 1.82) is 0 Å². The van der Waals surface area contributed by atoms with Crippen molar-refractivity contribution >= 4 is 0 Å². The molecule has 0 aromatic heterocycles. The van der Waals surface area contributed by atoms with Crippen LogP contribution in [-0.2, 0) is 4.74 Å². The second-order valence-corrected chi connectivity index (χ2v) is 6.12. The maximum Gasteiger partial charge on any atom is 0.0876 e. The molecule has 112 valence electrons. The third kappa shape index (κ3) is 3.24. The SMILES string of the molecule is CCNC(c1cc(C)cc(C)c1)C1(OCC)CCCC1. The molecule has 1 aliphatic carbocycles. The molecule has 1 saturated carbocycles. The molecule has 1 aromatic carbocycles. The molecule has 1 fully saturated rings. The molecular weight excluding hydrogens is 246 g/mol. The van der Waals surface area contributed by atoms with Gasteiger partial charge in [0, 0.05) is 6.61 Å². The highest BCUT2D eigenvalue weighted by atomic mass is 16.5. The molecule has 0 heterocycles. The zero-order chi connectivity index (χ0) is 14.6. The van der Waals surface area contributed by atoms with Gasteiger partial charge in [0.05, 0.1) is 11.6 Å². The van der Waals surface area contributed by atoms with E-state index in [2.05, 4.69) is 51.2 Å². The Labute approximate surface area is 123 Å². The summed E-state index contributed by atoms with van der Waals surface area (Å²) in [7, 11) is 0. The Hall–Kier alpha value is -0.860. The minimum absolute atomic E-state index is 0.00894. The molecule has 0 spiro atoms. The Kier molecular flexibility index (Phi) is 5.22. The molecule has 2 heteroatoms. The summed E-state index contributed by atoms with van der Waals surface area (Å²) in [5.41, 5.74) is 4.06. The highest BCUT2D eigenvalue weighted by Crippen LogP contribution is 2.43. The van der Waals surface area contributed by atoms with Crippen molar-refractivity contribution < 1.29 is 4.74 Å². The molecule has 1 N–H and O–H groups in total. The van der Waals surface area contributed by atoms with E-state index in [1.807, 2.05) is 0 Å². The molecule has 0 aliphatic heterocycles. The van der Waals surface area contributed by atoms with E-state index < -0.39 is 0 Å². The fourth-order valence-electron chi connectivity index (χ4n) is 3.77. The summed E-state index contributed by atoms with van der Waals surface area (Å²) in [5.74, 6) is 0. The summed E-state index contributed by atoms with van der Waals surface area (Å²) in [5, 5.41) is 3.70.